The van der Waals surface area contributed by atoms with Gasteiger partial charge in [0.2, 0.25) is 11.8 Å². The van der Waals surface area contributed by atoms with Gasteiger partial charge >= 0.3 is 0 Å². The topological polar surface area (TPSA) is 83.7 Å². The van der Waals surface area contributed by atoms with Crippen LogP contribution in [0, 0.1) is 0 Å². The maximum Gasteiger partial charge on any atom is 0.247 e. The molecule has 0 atom stereocenters. The highest BCUT2D eigenvalue weighted by atomic mass is 16.2. The van der Waals surface area contributed by atoms with Crippen molar-refractivity contribution in [3.63, 3.8) is 0 Å². The summed E-state index contributed by atoms with van der Waals surface area (Å²) in [6, 6.07) is 6.74. The van der Waals surface area contributed by atoms with Crippen molar-refractivity contribution in [3.8, 4) is 0 Å². The van der Waals surface area contributed by atoms with Crippen LogP contribution in [-0.2, 0) is 9.59 Å². The van der Waals surface area contributed by atoms with Crippen LogP contribution in [0.2, 0.25) is 0 Å². The molecule has 0 spiro atoms. The van der Waals surface area contributed by atoms with Crippen LogP contribution in [-0.4, -0.2) is 49.2 Å². The fourth-order valence-electron chi connectivity index (χ4n) is 2.08. The Balaban J connectivity index is 2.24. The first-order chi connectivity index (χ1) is 9.52. The molecule has 1 aromatic rings. The summed E-state index contributed by atoms with van der Waals surface area (Å²) in [6.07, 6.45) is 0.263. The summed E-state index contributed by atoms with van der Waals surface area (Å²) in [5.74, 6) is -0.346. The van der Waals surface area contributed by atoms with Gasteiger partial charge in [-0.1, -0.05) is 12.1 Å². The SMILES string of the molecule is CN1CC(=O)N(c2cccc(C(=O)CCN)c2)CC1=O. The van der Waals surface area contributed by atoms with E-state index < -0.39 is 0 Å². The van der Waals surface area contributed by atoms with E-state index in [0.717, 1.165) is 0 Å². The average molecular weight is 275 g/mol. The molecule has 1 saturated heterocycles. The van der Waals surface area contributed by atoms with Crippen molar-refractivity contribution in [1.29, 1.82) is 0 Å². The molecule has 1 aliphatic rings. The molecule has 6 nitrogen and oxygen atoms in total. The number of amides is 2. The number of piperazine rings is 1. The maximum absolute atomic E-state index is 12.0. The van der Waals surface area contributed by atoms with Crippen LogP contribution in [0.15, 0.2) is 24.3 Å². The number of hydrogen-bond acceptors (Lipinski definition) is 4. The van der Waals surface area contributed by atoms with Crippen LogP contribution >= 0.6 is 0 Å². The number of benzene rings is 1. The number of Topliss-reactive ketones (excluding diaryl/α,β-unsaturated/α-hetero) is 1. The average Bonchev–Trinajstić information content (AvgIpc) is 2.43. The molecule has 0 aliphatic carbocycles. The molecule has 1 aliphatic heterocycles. The lowest BCUT2D eigenvalue weighted by atomic mass is 10.1. The Morgan fingerprint density at radius 2 is 2.00 bits per heavy atom. The van der Waals surface area contributed by atoms with E-state index in [1.165, 1.54) is 9.80 Å². The zero-order valence-corrected chi connectivity index (χ0v) is 11.3. The van der Waals surface area contributed by atoms with Gasteiger partial charge in [-0.3, -0.25) is 14.4 Å². The minimum absolute atomic E-state index is 0.00384. The number of carbonyl (C=O) groups is 3. The van der Waals surface area contributed by atoms with Crippen LogP contribution in [0.1, 0.15) is 16.8 Å². The van der Waals surface area contributed by atoms with Gasteiger partial charge in [-0.05, 0) is 18.7 Å². The monoisotopic (exact) mass is 275 g/mol. The van der Waals surface area contributed by atoms with Crippen LogP contribution in [0.3, 0.4) is 0 Å². The summed E-state index contributed by atoms with van der Waals surface area (Å²) in [7, 11) is 1.60. The van der Waals surface area contributed by atoms with Gasteiger partial charge in [-0.25, -0.2) is 0 Å². The molecule has 0 radical (unpaired) electrons. The Morgan fingerprint density at radius 3 is 2.70 bits per heavy atom. The quantitative estimate of drug-likeness (QED) is 0.785. The highest BCUT2D eigenvalue weighted by Gasteiger charge is 2.28. The van der Waals surface area contributed by atoms with Gasteiger partial charge < -0.3 is 15.5 Å². The van der Waals surface area contributed by atoms with Crippen molar-refractivity contribution in [2.24, 2.45) is 5.73 Å². The summed E-state index contributed by atoms with van der Waals surface area (Å²) >= 11 is 0. The number of rotatable bonds is 4. The number of hydrogen-bond donors (Lipinski definition) is 1. The zero-order chi connectivity index (χ0) is 14.7. The summed E-state index contributed by atoms with van der Waals surface area (Å²) < 4.78 is 0. The molecule has 0 saturated carbocycles. The molecule has 2 rings (SSSR count). The Hall–Kier alpha value is -2.21. The molecule has 2 amide bonds. The van der Waals surface area contributed by atoms with Crippen molar-refractivity contribution in [2.75, 3.05) is 31.6 Å². The summed E-state index contributed by atoms with van der Waals surface area (Å²) in [5, 5.41) is 0. The second-order valence-electron chi connectivity index (χ2n) is 4.74. The Bertz CT molecular complexity index is 556. The van der Waals surface area contributed by atoms with E-state index in [9.17, 15) is 14.4 Å². The van der Waals surface area contributed by atoms with Crippen molar-refractivity contribution in [2.45, 2.75) is 6.42 Å². The van der Waals surface area contributed by atoms with Gasteiger partial charge in [0, 0.05) is 24.7 Å². The van der Waals surface area contributed by atoms with E-state index in [1.807, 2.05) is 0 Å². The Morgan fingerprint density at radius 1 is 1.25 bits per heavy atom. The maximum atomic E-state index is 12.0. The predicted molar refractivity (Wildman–Crippen MR) is 74.4 cm³/mol. The number of likely N-dealkylation sites (N-methyl/N-ethyl adjacent to an activating group) is 1. The lowest BCUT2D eigenvalue weighted by molar-refractivity contribution is -0.136. The smallest absolute Gasteiger partial charge is 0.247 e. The molecule has 20 heavy (non-hydrogen) atoms. The van der Waals surface area contributed by atoms with Gasteiger partial charge in [-0.2, -0.15) is 0 Å². The van der Waals surface area contributed by atoms with Crippen LogP contribution < -0.4 is 10.6 Å². The number of nitrogens with two attached hydrogens (primary N) is 1. The predicted octanol–water partition coefficient (Wildman–Crippen LogP) is 0.0231. The first-order valence-electron chi connectivity index (χ1n) is 6.40. The van der Waals surface area contributed by atoms with Gasteiger partial charge in [0.15, 0.2) is 5.78 Å². The molecule has 0 bridgehead atoms. The van der Waals surface area contributed by atoms with Crippen LogP contribution in [0.25, 0.3) is 0 Å². The minimum atomic E-state index is -0.157. The first kappa shape index (κ1) is 14.2. The minimum Gasteiger partial charge on any atom is -0.335 e. The molecular weight excluding hydrogens is 258 g/mol. The third kappa shape index (κ3) is 2.85. The molecule has 2 N–H and O–H groups in total. The van der Waals surface area contributed by atoms with Crippen molar-refractivity contribution in [3.05, 3.63) is 29.8 Å². The summed E-state index contributed by atoms with van der Waals surface area (Å²) in [4.78, 5) is 38.3. The molecular formula is C14H17N3O3. The second kappa shape index (κ2) is 5.83. The Kier molecular flexibility index (Phi) is 4.14. The van der Waals surface area contributed by atoms with Crippen molar-refractivity contribution < 1.29 is 14.4 Å². The highest BCUT2D eigenvalue weighted by Crippen LogP contribution is 2.19. The normalized spacial score (nSPS) is 15.7. The van der Waals surface area contributed by atoms with E-state index in [2.05, 4.69) is 0 Å². The fraction of sp³-hybridized carbons (Fsp3) is 0.357. The van der Waals surface area contributed by atoms with Crippen LogP contribution in [0.5, 0.6) is 0 Å². The first-order valence-corrected chi connectivity index (χ1v) is 6.40. The number of anilines is 1. The number of carbonyl (C=O) groups excluding carboxylic acids is 3. The summed E-state index contributed by atoms with van der Waals surface area (Å²) in [6.45, 7) is 0.346. The molecule has 0 aromatic heterocycles. The van der Waals surface area contributed by atoms with Crippen molar-refractivity contribution >= 4 is 23.3 Å². The molecule has 1 aromatic carbocycles. The molecule has 1 heterocycles. The van der Waals surface area contributed by atoms with Crippen LogP contribution in [0.4, 0.5) is 5.69 Å². The van der Waals surface area contributed by atoms with Gasteiger partial charge in [0.05, 0.1) is 6.54 Å². The van der Waals surface area contributed by atoms with Gasteiger partial charge in [-0.15, -0.1) is 0 Å². The number of ketones is 1. The molecule has 0 unspecified atom stereocenters. The van der Waals surface area contributed by atoms with E-state index in [1.54, 1.807) is 31.3 Å². The highest BCUT2D eigenvalue weighted by molar-refractivity contribution is 6.05. The zero-order valence-electron chi connectivity index (χ0n) is 11.3. The number of nitrogens with zero attached hydrogens (tertiary/aromatic N) is 2. The molecule has 106 valence electrons. The van der Waals surface area contributed by atoms with E-state index in [0.29, 0.717) is 11.3 Å². The standard InChI is InChI=1S/C14H17N3O3/c1-16-8-14(20)17(9-13(16)19)11-4-2-3-10(7-11)12(18)5-6-15/h2-4,7H,5-6,8-9,15H2,1H3. The largest absolute Gasteiger partial charge is 0.335 e. The van der Waals surface area contributed by atoms with E-state index in [4.69, 9.17) is 5.73 Å². The molecule has 6 heteroatoms. The van der Waals surface area contributed by atoms with Crippen molar-refractivity contribution in [1.82, 2.24) is 4.90 Å². The third-order valence-electron chi connectivity index (χ3n) is 3.24. The molecule has 1 fully saturated rings. The van der Waals surface area contributed by atoms with Gasteiger partial charge in [0.25, 0.3) is 0 Å². The van der Waals surface area contributed by atoms with Gasteiger partial charge in [0.1, 0.15) is 6.54 Å². The summed E-state index contributed by atoms with van der Waals surface area (Å²) in [5.41, 5.74) is 6.44. The second-order valence-corrected chi connectivity index (χ2v) is 4.74. The fourth-order valence-corrected chi connectivity index (χ4v) is 2.08. The Labute approximate surface area is 117 Å². The lowest BCUT2D eigenvalue weighted by Gasteiger charge is -2.31. The van der Waals surface area contributed by atoms with E-state index in [-0.39, 0.29) is 43.7 Å². The van der Waals surface area contributed by atoms with E-state index >= 15 is 0 Å². The lowest BCUT2D eigenvalue weighted by Crippen LogP contribution is -2.52. The third-order valence-corrected chi connectivity index (χ3v) is 3.24.